The Morgan fingerprint density at radius 2 is 0.500 bits per heavy atom. The Balaban J connectivity index is 4.38. The van der Waals surface area contributed by atoms with Crippen LogP contribution in [0.2, 0.25) is 0 Å². The third-order valence-corrected chi connectivity index (χ3v) is 14.3. The summed E-state index contributed by atoms with van der Waals surface area (Å²) in [6, 6.07) is 0. The first-order valence-corrected chi connectivity index (χ1v) is 33.2. The molecule has 0 saturated heterocycles. The summed E-state index contributed by atoms with van der Waals surface area (Å²) in [6.45, 7) is 6.52. The molecular formula is C72H124O6. The quantitative estimate of drug-likeness (QED) is 0.0261. The summed E-state index contributed by atoms with van der Waals surface area (Å²) in [6.07, 6.45) is 88.4. The Morgan fingerprint density at radius 3 is 0.821 bits per heavy atom. The second-order valence-electron chi connectivity index (χ2n) is 22.0. The molecule has 1 unspecified atom stereocenters. The molecule has 6 nitrogen and oxygen atoms in total. The fourth-order valence-corrected chi connectivity index (χ4v) is 9.32. The average molecular weight is 1090 g/mol. The Morgan fingerprint density at radius 1 is 0.269 bits per heavy atom. The lowest BCUT2D eigenvalue weighted by atomic mass is 10.1. The van der Waals surface area contributed by atoms with Crippen molar-refractivity contribution in [3.63, 3.8) is 0 Å². The Kier molecular flexibility index (Phi) is 62.7. The summed E-state index contributed by atoms with van der Waals surface area (Å²) >= 11 is 0. The molecule has 6 heteroatoms. The van der Waals surface area contributed by atoms with E-state index in [0.29, 0.717) is 19.3 Å². The second kappa shape index (κ2) is 65.8. The van der Waals surface area contributed by atoms with Crippen molar-refractivity contribution >= 4 is 17.9 Å². The maximum atomic E-state index is 12.9. The van der Waals surface area contributed by atoms with Crippen LogP contribution in [0.1, 0.15) is 323 Å². The van der Waals surface area contributed by atoms with Crippen molar-refractivity contribution < 1.29 is 28.6 Å². The molecule has 0 radical (unpaired) electrons. The van der Waals surface area contributed by atoms with E-state index in [1.54, 1.807) is 0 Å². The van der Waals surface area contributed by atoms with Gasteiger partial charge in [-0.3, -0.25) is 14.4 Å². The van der Waals surface area contributed by atoms with E-state index in [9.17, 15) is 14.4 Å². The van der Waals surface area contributed by atoms with Gasteiger partial charge in [-0.25, -0.2) is 0 Å². The lowest BCUT2D eigenvalue weighted by Gasteiger charge is -2.18. The van der Waals surface area contributed by atoms with E-state index in [-0.39, 0.29) is 31.1 Å². The molecule has 1 atom stereocenters. The molecule has 0 saturated carbocycles. The van der Waals surface area contributed by atoms with Crippen LogP contribution in [0.15, 0.2) is 97.2 Å². The number of ether oxygens (including phenoxy) is 3. The monoisotopic (exact) mass is 1080 g/mol. The van der Waals surface area contributed by atoms with Crippen LogP contribution >= 0.6 is 0 Å². The number of esters is 3. The largest absolute Gasteiger partial charge is 0.462 e. The maximum Gasteiger partial charge on any atom is 0.306 e. The summed E-state index contributed by atoms with van der Waals surface area (Å²) in [4.78, 5) is 38.4. The highest BCUT2D eigenvalue weighted by atomic mass is 16.6. The molecule has 0 N–H and O–H groups in total. The van der Waals surface area contributed by atoms with Crippen LogP contribution in [-0.4, -0.2) is 37.2 Å². The van der Waals surface area contributed by atoms with E-state index in [2.05, 4.69) is 118 Å². The molecule has 0 fully saturated rings. The molecule has 0 aromatic heterocycles. The van der Waals surface area contributed by atoms with Crippen LogP contribution in [0.3, 0.4) is 0 Å². The van der Waals surface area contributed by atoms with Crippen molar-refractivity contribution in [2.75, 3.05) is 13.2 Å². The van der Waals surface area contributed by atoms with Gasteiger partial charge in [-0.1, -0.05) is 279 Å². The minimum absolute atomic E-state index is 0.0841. The van der Waals surface area contributed by atoms with Crippen molar-refractivity contribution in [1.29, 1.82) is 0 Å². The molecule has 78 heavy (non-hydrogen) atoms. The van der Waals surface area contributed by atoms with Crippen molar-refractivity contribution in [3.05, 3.63) is 97.2 Å². The molecule has 0 aliphatic carbocycles. The third-order valence-electron chi connectivity index (χ3n) is 14.3. The highest BCUT2D eigenvalue weighted by Crippen LogP contribution is 2.16. The summed E-state index contributed by atoms with van der Waals surface area (Å²) in [5.74, 6) is -0.890. The fourth-order valence-electron chi connectivity index (χ4n) is 9.32. The zero-order valence-corrected chi connectivity index (χ0v) is 51.4. The topological polar surface area (TPSA) is 78.9 Å². The molecule has 448 valence electrons. The minimum atomic E-state index is -0.788. The van der Waals surface area contributed by atoms with E-state index >= 15 is 0 Å². The van der Waals surface area contributed by atoms with Gasteiger partial charge in [0.05, 0.1) is 0 Å². The predicted octanol–water partition coefficient (Wildman–Crippen LogP) is 22.8. The molecule has 0 aromatic carbocycles. The molecule has 0 aromatic rings. The first-order chi connectivity index (χ1) is 38.5. The molecule has 0 amide bonds. The van der Waals surface area contributed by atoms with Gasteiger partial charge in [-0.05, 0) is 122 Å². The zero-order valence-electron chi connectivity index (χ0n) is 51.4. The lowest BCUT2D eigenvalue weighted by molar-refractivity contribution is -0.167. The molecule has 0 spiro atoms. The van der Waals surface area contributed by atoms with Gasteiger partial charge in [-0.2, -0.15) is 0 Å². The Bertz CT molecular complexity index is 1530. The van der Waals surface area contributed by atoms with E-state index in [1.807, 2.05) is 0 Å². The maximum absolute atomic E-state index is 12.9. The van der Waals surface area contributed by atoms with Gasteiger partial charge in [0.15, 0.2) is 6.10 Å². The summed E-state index contributed by atoms with van der Waals surface area (Å²) < 4.78 is 17.0. The van der Waals surface area contributed by atoms with Crippen molar-refractivity contribution in [2.24, 2.45) is 0 Å². The van der Waals surface area contributed by atoms with Gasteiger partial charge in [0.25, 0.3) is 0 Å². The molecule has 0 rings (SSSR count). The van der Waals surface area contributed by atoms with Crippen molar-refractivity contribution in [2.45, 2.75) is 329 Å². The number of unbranched alkanes of at least 4 members (excludes halogenated alkanes) is 33. The van der Waals surface area contributed by atoms with E-state index in [4.69, 9.17) is 14.2 Å². The zero-order chi connectivity index (χ0) is 56.4. The first kappa shape index (κ1) is 74.3. The fraction of sp³-hybridized carbons (Fsp3) is 0.736. The molecule has 0 aliphatic heterocycles. The Hall–Kier alpha value is -3.67. The highest BCUT2D eigenvalue weighted by Gasteiger charge is 2.19. The summed E-state index contributed by atoms with van der Waals surface area (Å²) in [5, 5.41) is 0. The van der Waals surface area contributed by atoms with Gasteiger partial charge in [0.2, 0.25) is 0 Å². The SMILES string of the molecule is CC/C=C\C/C=C\C/C=C\C/C=C\C/C=C\CCCCCCCCCCCC(=O)OCC(COC(=O)CCCCCCC/C=C\CCCCCCCCC)OC(=O)CCCCCCCCCCC/C=C\C/C=C\CCCCC. The predicted molar refractivity (Wildman–Crippen MR) is 339 cm³/mol. The normalized spacial score (nSPS) is 12.7. The van der Waals surface area contributed by atoms with E-state index in [1.165, 1.54) is 173 Å². The van der Waals surface area contributed by atoms with Crippen LogP contribution in [-0.2, 0) is 28.6 Å². The Labute approximate surface area is 483 Å². The van der Waals surface area contributed by atoms with Gasteiger partial charge in [0, 0.05) is 19.3 Å². The number of hydrogen-bond donors (Lipinski definition) is 0. The summed E-state index contributed by atoms with van der Waals surface area (Å²) in [5.41, 5.74) is 0. The number of allylic oxidation sites excluding steroid dienone is 16. The summed E-state index contributed by atoms with van der Waals surface area (Å²) in [7, 11) is 0. The molecule has 0 aliphatic rings. The van der Waals surface area contributed by atoms with Crippen LogP contribution in [0.5, 0.6) is 0 Å². The van der Waals surface area contributed by atoms with Gasteiger partial charge < -0.3 is 14.2 Å². The second-order valence-corrected chi connectivity index (χ2v) is 22.0. The number of carbonyl (C=O) groups excluding carboxylic acids is 3. The highest BCUT2D eigenvalue weighted by molar-refractivity contribution is 5.71. The lowest BCUT2D eigenvalue weighted by Crippen LogP contribution is -2.30. The van der Waals surface area contributed by atoms with E-state index < -0.39 is 6.10 Å². The minimum Gasteiger partial charge on any atom is -0.462 e. The number of carbonyl (C=O) groups is 3. The molecular weight excluding hydrogens is 961 g/mol. The standard InChI is InChI=1S/C72H124O6/c1-4-7-10-13-16-19-22-25-28-31-33-34-35-36-37-38-40-41-44-47-50-53-56-59-62-65-71(74)77-68-69(67-76-70(73)64-61-58-55-52-49-46-43-30-27-24-21-18-15-12-9-6-3)78-72(75)66-63-60-57-54-51-48-45-42-39-32-29-26-23-20-17-14-11-8-5-2/h7,10,16-17,19-20,25-26,28-30,33-34,36-37,43,69H,4-6,8-9,11-15,18,21-24,27,31-32,35,38-42,44-68H2,1-3H3/b10-7-,19-16-,20-17-,28-25-,29-26-,34-33-,37-36-,43-30-. The molecule has 0 bridgehead atoms. The molecule has 0 heterocycles. The van der Waals surface area contributed by atoms with Crippen molar-refractivity contribution in [1.82, 2.24) is 0 Å². The number of hydrogen-bond acceptors (Lipinski definition) is 6. The van der Waals surface area contributed by atoms with Gasteiger partial charge in [-0.15, -0.1) is 0 Å². The van der Waals surface area contributed by atoms with Gasteiger partial charge >= 0.3 is 17.9 Å². The third kappa shape index (κ3) is 63.2. The average Bonchev–Trinajstić information content (AvgIpc) is 3.44. The van der Waals surface area contributed by atoms with E-state index in [0.717, 1.165) is 109 Å². The van der Waals surface area contributed by atoms with Crippen LogP contribution in [0, 0.1) is 0 Å². The van der Waals surface area contributed by atoms with Gasteiger partial charge in [0.1, 0.15) is 13.2 Å². The van der Waals surface area contributed by atoms with Crippen LogP contribution < -0.4 is 0 Å². The van der Waals surface area contributed by atoms with Crippen LogP contribution in [0.25, 0.3) is 0 Å². The van der Waals surface area contributed by atoms with Crippen molar-refractivity contribution in [3.8, 4) is 0 Å². The number of rotatable bonds is 60. The first-order valence-electron chi connectivity index (χ1n) is 33.2. The van der Waals surface area contributed by atoms with Crippen LogP contribution in [0.4, 0.5) is 0 Å². The smallest absolute Gasteiger partial charge is 0.306 e.